The van der Waals surface area contributed by atoms with Crippen molar-refractivity contribution in [1.82, 2.24) is 5.32 Å². The second-order valence-electron chi connectivity index (χ2n) is 5.37. The standard InChI is InChI=1S/C16H26N2/c1-4-15-8-5-7-13(2)16(15)18-12-6-10-17-11-9-14(18)3/h5,7-8,14,17H,4,6,9-12H2,1-3H3. The third kappa shape index (κ3) is 2.86. The Morgan fingerprint density at radius 1 is 1.33 bits per heavy atom. The molecular weight excluding hydrogens is 220 g/mol. The van der Waals surface area contributed by atoms with Crippen LogP contribution in [-0.4, -0.2) is 25.7 Å². The fourth-order valence-corrected chi connectivity index (χ4v) is 2.93. The number of para-hydroxylation sites is 1. The minimum absolute atomic E-state index is 0.629. The van der Waals surface area contributed by atoms with Crippen LogP contribution < -0.4 is 10.2 Å². The SMILES string of the molecule is CCc1cccc(C)c1N1CCCNCCC1C. The molecular formula is C16H26N2. The van der Waals surface area contributed by atoms with Crippen molar-refractivity contribution in [3.63, 3.8) is 0 Å². The summed E-state index contributed by atoms with van der Waals surface area (Å²) < 4.78 is 0. The predicted molar refractivity (Wildman–Crippen MR) is 79.5 cm³/mol. The Morgan fingerprint density at radius 2 is 2.17 bits per heavy atom. The van der Waals surface area contributed by atoms with Crippen LogP contribution in [-0.2, 0) is 6.42 Å². The van der Waals surface area contributed by atoms with E-state index in [-0.39, 0.29) is 0 Å². The maximum Gasteiger partial charge on any atom is 0.0430 e. The molecule has 1 heterocycles. The monoisotopic (exact) mass is 246 g/mol. The van der Waals surface area contributed by atoms with Crippen LogP contribution in [0.3, 0.4) is 0 Å². The highest BCUT2D eigenvalue weighted by Crippen LogP contribution is 2.28. The Hall–Kier alpha value is -1.02. The summed E-state index contributed by atoms with van der Waals surface area (Å²) in [4.78, 5) is 2.63. The Labute approximate surface area is 111 Å². The Kier molecular flexibility index (Phi) is 4.65. The Balaban J connectivity index is 2.32. The second kappa shape index (κ2) is 6.24. The summed E-state index contributed by atoms with van der Waals surface area (Å²) in [6, 6.07) is 7.35. The maximum absolute atomic E-state index is 3.51. The molecule has 1 fully saturated rings. The van der Waals surface area contributed by atoms with E-state index in [4.69, 9.17) is 0 Å². The Morgan fingerprint density at radius 3 is 2.94 bits per heavy atom. The van der Waals surface area contributed by atoms with E-state index in [2.05, 4.69) is 49.2 Å². The molecule has 18 heavy (non-hydrogen) atoms. The molecule has 0 radical (unpaired) electrons. The number of nitrogens with zero attached hydrogens (tertiary/aromatic N) is 1. The number of benzene rings is 1. The maximum atomic E-state index is 3.51. The van der Waals surface area contributed by atoms with E-state index < -0.39 is 0 Å². The van der Waals surface area contributed by atoms with Crippen molar-refractivity contribution in [1.29, 1.82) is 0 Å². The lowest BCUT2D eigenvalue weighted by Gasteiger charge is -2.36. The number of hydrogen-bond acceptors (Lipinski definition) is 2. The fraction of sp³-hybridized carbons (Fsp3) is 0.625. The normalized spacial score (nSPS) is 21.5. The van der Waals surface area contributed by atoms with Crippen molar-refractivity contribution in [2.75, 3.05) is 24.5 Å². The highest BCUT2D eigenvalue weighted by Gasteiger charge is 2.19. The lowest BCUT2D eigenvalue weighted by molar-refractivity contribution is 0.498. The van der Waals surface area contributed by atoms with Crippen LogP contribution in [0.2, 0.25) is 0 Å². The van der Waals surface area contributed by atoms with Crippen molar-refractivity contribution in [2.45, 2.75) is 46.1 Å². The van der Waals surface area contributed by atoms with E-state index in [1.807, 2.05) is 0 Å². The van der Waals surface area contributed by atoms with Gasteiger partial charge in [-0.05, 0) is 57.3 Å². The second-order valence-corrected chi connectivity index (χ2v) is 5.37. The van der Waals surface area contributed by atoms with Gasteiger partial charge in [0.05, 0.1) is 0 Å². The quantitative estimate of drug-likeness (QED) is 0.862. The van der Waals surface area contributed by atoms with Crippen molar-refractivity contribution in [3.05, 3.63) is 29.3 Å². The van der Waals surface area contributed by atoms with Gasteiger partial charge >= 0.3 is 0 Å². The third-order valence-corrected chi connectivity index (χ3v) is 4.01. The lowest BCUT2D eigenvalue weighted by atomic mass is 10.0. The van der Waals surface area contributed by atoms with Gasteiger partial charge in [0.15, 0.2) is 0 Å². The molecule has 0 saturated carbocycles. The molecule has 0 spiro atoms. The van der Waals surface area contributed by atoms with E-state index in [1.165, 1.54) is 36.2 Å². The molecule has 1 aliphatic rings. The van der Waals surface area contributed by atoms with Gasteiger partial charge in [-0.1, -0.05) is 25.1 Å². The molecule has 0 aliphatic carbocycles. The molecule has 1 aromatic rings. The molecule has 1 aliphatic heterocycles. The van der Waals surface area contributed by atoms with Gasteiger partial charge < -0.3 is 10.2 Å². The van der Waals surface area contributed by atoms with Gasteiger partial charge in [0.25, 0.3) is 0 Å². The van der Waals surface area contributed by atoms with Crippen LogP contribution in [0, 0.1) is 6.92 Å². The van der Waals surface area contributed by atoms with E-state index >= 15 is 0 Å². The average molecular weight is 246 g/mol. The van der Waals surface area contributed by atoms with Gasteiger partial charge in [0.2, 0.25) is 0 Å². The summed E-state index contributed by atoms with van der Waals surface area (Å²) in [6.45, 7) is 10.3. The molecule has 2 heteroatoms. The first kappa shape index (κ1) is 13.4. The summed E-state index contributed by atoms with van der Waals surface area (Å²) in [5.74, 6) is 0. The van der Waals surface area contributed by atoms with Gasteiger partial charge in [-0.2, -0.15) is 0 Å². The van der Waals surface area contributed by atoms with Crippen molar-refractivity contribution in [3.8, 4) is 0 Å². The van der Waals surface area contributed by atoms with E-state index in [9.17, 15) is 0 Å². The summed E-state index contributed by atoms with van der Waals surface area (Å²) >= 11 is 0. The summed E-state index contributed by atoms with van der Waals surface area (Å²) in [7, 11) is 0. The molecule has 2 rings (SSSR count). The predicted octanol–water partition coefficient (Wildman–Crippen LogP) is 3.14. The first-order valence-electron chi connectivity index (χ1n) is 7.30. The summed E-state index contributed by atoms with van der Waals surface area (Å²) in [5.41, 5.74) is 4.42. The molecule has 1 unspecified atom stereocenters. The molecule has 100 valence electrons. The fourth-order valence-electron chi connectivity index (χ4n) is 2.93. The largest absolute Gasteiger partial charge is 0.368 e. The summed E-state index contributed by atoms with van der Waals surface area (Å²) in [6.07, 6.45) is 3.60. The van der Waals surface area contributed by atoms with Gasteiger partial charge in [0, 0.05) is 18.3 Å². The molecule has 0 amide bonds. The average Bonchev–Trinajstić information content (AvgIpc) is 2.35. The van der Waals surface area contributed by atoms with Crippen molar-refractivity contribution < 1.29 is 0 Å². The number of aryl methyl sites for hydroxylation is 2. The first-order chi connectivity index (χ1) is 8.74. The van der Waals surface area contributed by atoms with Crippen LogP contribution in [0.25, 0.3) is 0 Å². The number of anilines is 1. The highest BCUT2D eigenvalue weighted by atomic mass is 15.2. The van der Waals surface area contributed by atoms with Gasteiger partial charge in [0.1, 0.15) is 0 Å². The van der Waals surface area contributed by atoms with E-state index in [1.54, 1.807) is 0 Å². The summed E-state index contributed by atoms with van der Waals surface area (Å²) in [5, 5.41) is 3.51. The Bertz CT molecular complexity index is 387. The van der Waals surface area contributed by atoms with Crippen molar-refractivity contribution in [2.24, 2.45) is 0 Å². The molecule has 0 aromatic heterocycles. The van der Waals surface area contributed by atoms with Gasteiger partial charge in [-0.15, -0.1) is 0 Å². The van der Waals surface area contributed by atoms with Crippen LogP contribution in [0.1, 0.15) is 37.8 Å². The van der Waals surface area contributed by atoms with Crippen LogP contribution >= 0.6 is 0 Å². The van der Waals surface area contributed by atoms with Crippen LogP contribution in [0.15, 0.2) is 18.2 Å². The zero-order valence-electron chi connectivity index (χ0n) is 12.0. The number of rotatable bonds is 2. The van der Waals surface area contributed by atoms with Gasteiger partial charge in [-0.3, -0.25) is 0 Å². The minimum Gasteiger partial charge on any atom is -0.368 e. The zero-order valence-corrected chi connectivity index (χ0v) is 12.0. The zero-order chi connectivity index (χ0) is 13.0. The van der Waals surface area contributed by atoms with E-state index in [0.29, 0.717) is 6.04 Å². The first-order valence-corrected chi connectivity index (χ1v) is 7.30. The smallest absolute Gasteiger partial charge is 0.0430 e. The lowest BCUT2D eigenvalue weighted by Crippen LogP contribution is -2.41. The van der Waals surface area contributed by atoms with Gasteiger partial charge in [-0.25, -0.2) is 0 Å². The van der Waals surface area contributed by atoms with Crippen LogP contribution in [0.4, 0.5) is 5.69 Å². The molecule has 0 bridgehead atoms. The topological polar surface area (TPSA) is 15.3 Å². The minimum atomic E-state index is 0.629. The highest BCUT2D eigenvalue weighted by molar-refractivity contribution is 5.60. The molecule has 1 atom stereocenters. The number of nitrogens with one attached hydrogen (secondary N) is 1. The number of hydrogen-bond donors (Lipinski definition) is 1. The molecule has 1 aromatic carbocycles. The third-order valence-electron chi connectivity index (χ3n) is 4.01. The van der Waals surface area contributed by atoms with Crippen molar-refractivity contribution >= 4 is 5.69 Å². The van der Waals surface area contributed by atoms with E-state index in [0.717, 1.165) is 19.5 Å². The molecule has 1 N–H and O–H groups in total. The molecule has 1 saturated heterocycles. The van der Waals surface area contributed by atoms with Crippen LogP contribution in [0.5, 0.6) is 0 Å². The molecule has 2 nitrogen and oxygen atoms in total.